The van der Waals surface area contributed by atoms with Crippen molar-refractivity contribution in [1.29, 1.82) is 0 Å². The molecule has 1 N–H and O–H groups in total. The molecule has 1 amide bonds. The number of carbonyl (C=O) groups is 2. The van der Waals surface area contributed by atoms with Crippen LogP contribution in [-0.2, 0) is 9.59 Å². The average molecular weight is 499 g/mol. The lowest BCUT2D eigenvalue weighted by Gasteiger charge is -2.26. The quantitative estimate of drug-likeness (QED) is 0.245. The van der Waals surface area contributed by atoms with E-state index in [4.69, 9.17) is 4.74 Å². The highest BCUT2D eigenvalue weighted by Gasteiger charge is 2.47. The summed E-state index contributed by atoms with van der Waals surface area (Å²) in [5.41, 5.74) is 4.67. The summed E-state index contributed by atoms with van der Waals surface area (Å²) >= 11 is 0. The Morgan fingerprint density at radius 2 is 1.70 bits per heavy atom. The van der Waals surface area contributed by atoms with Crippen molar-refractivity contribution in [3.05, 3.63) is 94.6 Å². The van der Waals surface area contributed by atoms with Gasteiger partial charge in [0.25, 0.3) is 11.7 Å². The Morgan fingerprint density at radius 3 is 2.30 bits per heavy atom. The fourth-order valence-corrected chi connectivity index (χ4v) is 4.52. The van der Waals surface area contributed by atoms with Crippen LogP contribution < -0.4 is 14.5 Å². The first-order chi connectivity index (χ1) is 17.6. The lowest BCUT2D eigenvalue weighted by molar-refractivity contribution is -0.132. The van der Waals surface area contributed by atoms with E-state index in [1.807, 2.05) is 81.4 Å². The molecule has 0 saturated carbocycles. The number of amides is 1. The molecular weight excluding hydrogens is 464 g/mol. The molecule has 0 spiro atoms. The molecule has 3 aromatic rings. The molecule has 1 aliphatic rings. The molecule has 0 bridgehead atoms. The summed E-state index contributed by atoms with van der Waals surface area (Å²) in [5.74, 6) is -0.472. The molecule has 0 aromatic heterocycles. The fraction of sp³-hybridized carbons (Fsp3) is 0.290. The zero-order valence-electron chi connectivity index (χ0n) is 22.3. The van der Waals surface area contributed by atoms with Gasteiger partial charge in [0.2, 0.25) is 0 Å². The summed E-state index contributed by atoms with van der Waals surface area (Å²) in [7, 11) is 3.90. The predicted molar refractivity (Wildman–Crippen MR) is 148 cm³/mol. The van der Waals surface area contributed by atoms with E-state index in [2.05, 4.69) is 13.8 Å². The molecule has 1 fully saturated rings. The van der Waals surface area contributed by atoms with Gasteiger partial charge in [-0.15, -0.1) is 0 Å². The molecule has 1 heterocycles. The van der Waals surface area contributed by atoms with Crippen LogP contribution in [0.15, 0.2) is 72.3 Å². The van der Waals surface area contributed by atoms with Crippen LogP contribution in [0.25, 0.3) is 5.76 Å². The molecule has 0 aliphatic carbocycles. The molecule has 0 radical (unpaired) electrons. The minimum absolute atomic E-state index is 0.0688. The number of rotatable bonds is 7. The van der Waals surface area contributed by atoms with E-state index >= 15 is 0 Å². The van der Waals surface area contributed by atoms with Crippen molar-refractivity contribution in [3.63, 3.8) is 0 Å². The second kappa shape index (κ2) is 10.5. The van der Waals surface area contributed by atoms with Crippen LogP contribution in [-0.4, -0.2) is 37.5 Å². The number of hydrogen-bond acceptors (Lipinski definition) is 5. The Hall–Kier alpha value is -4.06. The molecule has 6 heteroatoms. The number of ketones is 1. The van der Waals surface area contributed by atoms with Gasteiger partial charge in [-0.1, -0.05) is 38.1 Å². The SMILES string of the molecule is Cc1cccc(N2C(=O)C(=O)/C(=C(\O)c3ccc(OCC(C)C)c(C)c3)C2c2ccc(N(C)C)cc2)c1. The lowest BCUT2D eigenvalue weighted by atomic mass is 9.94. The molecule has 37 heavy (non-hydrogen) atoms. The summed E-state index contributed by atoms with van der Waals surface area (Å²) in [6, 6.07) is 19.7. The zero-order valence-corrected chi connectivity index (χ0v) is 22.3. The Balaban J connectivity index is 1.85. The van der Waals surface area contributed by atoms with E-state index in [9.17, 15) is 14.7 Å². The first-order valence-corrected chi connectivity index (χ1v) is 12.5. The van der Waals surface area contributed by atoms with Crippen molar-refractivity contribution in [1.82, 2.24) is 0 Å². The Morgan fingerprint density at radius 1 is 1.00 bits per heavy atom. The normalized spacial score (nSPS) is 16.9. The van der Waals surface area contributed by atoms with Gasteiger partial charge < -0.3 is 14.7 Å². The Kier molecular flexibility index (Phi) is 7.39. The Bertz CT molecular complexity index is 1360. The van der Waals surface area contributed by atoms with Gasteiger partial charge in [-0.05, 0) is 78.9 Å². The van der Waals surface area contributed by atoms with Crippen molar-refractivity contribution < 1.29 is 19.4 Å². The van der Waals surface area contributed by atoms with E-state index in [-0.39, 0.29) is 11.3 Å². The smallest absolute Gasteiger partial charge is 0.300 e. The maximum atomic E-state index is 13.4. The van der Waals surface area contributed by atoms with Crippen molar-refractivity contribution in [3.8, 4) is 5.75 Å². The number of aliphatic hydroxyl groups excluding tert-OH is 1. The van der Waals surface area contributed by atoms with E-state index in [1.54, 1.807) is 18.2 Å². The maximum absolute atomic E-state index is 13.4. The maximum Gasteiger partial charge on any atom is 0.300 e. The monoisotopic (exact) mass is 498 g/mol. The van der Waals surface area contributed by atoms with E-state index in [1.165, 1.54) is 4.90 Å². The topological polar surface area (TPSA) is 70.1 Å². The number of hydrogen-bond donors (Lipinski definition) is 1. The third kappa shape index (κ3) is 5.24. The number of nitrogens with zero attached hydrogens (tertiary/aromatic N) is 2. The number of ether oxygens (including phenoxy) is 1. The predicted octanol–water partition coefficient (Wildman–Crippen LogP) is 6.03. The number of carbonyl (C=O) groups excluding carboxylic acids is 2. The molecule has 192 valence electrons. The van der Waals surface area contributed by atoms with Gasteiger partial charge in [0, 0.05) is 31.0 Å². The van der Waals surface area contributed by atoms with E-state index < -0.39 is 17.7 Å². The lowest BCUT2D eigenvalue weighted by Crippen LogP contribution is -2.29. The molecule has 4 rings (SSSR count). The first kappa shape index (κ1) is 26.0. The van der Waals surface area contributed by atoms with Gasteiger partial charge >= 0.3 is 0 Å². The number of benzene rings is 3. The standard InChI is InChI=1S/C31H34N2O4/c1-19(2)18-37-26-15-12-23(17-21(26)4)29(34)27-28(22-10-13-24(14-11-22)32(5)6)33(31(36)30(27)35)25-9-7-8-20(3)16-25/h7-17,19,28,34H,18H2,1-6H3/b29-27-. The van der Waals surface area contributed by atoms with Crippen molar-refractivity contribution in [2.24, 2.45) is 5.92 Å². The fourth-order valence-electron chi connectivity index (χ4n) is 4.52. The van der Waals surface area contributed by atoms with Gasteiger partial charge in [-0.3, -0.25) is 14.5 Å². The summed E-state index contributed by atoms with van der Waals surface area (Å²) in [6.07, 6.45) is 0. The highest BCUT2D eigenvalue weighted by molar-refractivity contribution is 6.51. The third-order valence-corrected chi connectivity index (χ3v) is 6.47. The molecule has 3 aromatic carbocycles. The molecule has 6 nitrogen and oxygen atoms in total. The highest BCUT2D eigenvalue weighted by Crippen LogP contribution is 2.43. The number of aryl methyl sites for hydroxylation is 2. The van der Waals surface area contributed by atoms with Gasteiger partial charge in [0.15, 0.2) is 0 Å². The second-order valence-electron chi connectivity index (χ2n) is 10.2. The van der Waals surface area contributed by atoms with E-state index in [0.717, 1.165) is 28.1 Å². The summed E-state index contributed by atoms with van der Waals surface area (Å²) in [4.78, 5) is 30.3. The van der Waals surface area contributed by atoms with Crippen molar-refractivity contribution >= 4 is 28.8 Å². The number of aliphatic hydroxyl groups is 1. The van der Waals surface area contributed by atoms with Gasteiger partial charge in [-0.25, -0.2) is 0 Å². The minimum atomic E-state index is -0.768. The van der Waals surface area contributed by atoms with Crippen molar-refractivity contribution in [2.75, 3.05) is 30.5 Å². The molecular formula is C31H34N2O4. The Labute approximate surface area is 218 Å². The molecule has 1 saturated heterocycles. The molecule has 1 aliphatic heterocycles. The van der Waals surface area contributed by atoms with Crippen LogP contribution in [0.3, 0.4) is 0 Å². The largest absolute Gasteiger partial charge is 0.507 e. The highest BCUT2D eigenvalue weighted by atomic mass is 16.5. The second-order valence-corrected chi connectivity index (χ2v) is 10.2. The van der Waals surface area contributed by atoms with Gasteiger partial charge in [-0.2, -0.15) is 0 Å². The number of anilines is 2. The summed E-state index contributed by atoms with van der Waals surface area (Å²) in [5, 5.41) is 11.5. The minimum Gasteiger partial charge on any atom is -0.507 e. The third-order valence-electron chi connectivity index (χ3n) is 6.47. The number of Topliss-reactive ketones (excluding diaryl/α,β-unsaturated/α-hetero) is 1. The van der Waals surface area contributed by atoms with Crippen molar-refractivity contribution in [2.45, 2.75) is 33.7 Å². The van der Waals surface area contributed by atoms with E-state index in [0.29, 0.717) is 23.8 Å². The average Bonchev–Trinajstić information content (AvgIpc) is 3.13. The van der Waals surface area contributed by atoms with Crippen LogP contribution >= 0.6 is 0 Å². The van der Waals surface area contributed by atoms with Gasteiger partial charge in [0.1, 0.15) is 11.5 Å². The molecule has 1 atom stereocenters. The summed E-state index contributed by atoms with van der Waals surface area (Å²) < 4.78 is 5.87. The van der Waals surface area contributed by atoms with Gasteiger partial charge in [0.05, 0.1) is 18.2 Å². The van der Waals surface area contributed by atoms with Crippen LogP contribution in [0, 0.1) is 19.8 Å². The summed E-state index contributed by atoms with van der Waals surface area (Å²) in [6.45, 7) is 8.57. The van der Waals surface area contributed by atoms with Crippen LogP contribution in [0.1, 0.15) is 42.1 Å². The molecule has 1 unspecified atom stereocenters. The first-order valence-electron chi connectivity index (χ1n) is 12.5. The van der Waals surface area contributed by atoms with Crippen LogP contribution in [0.2, 0.25) is 0 Å². The van der Waals surface area contributed by atoms with Crippen LogP contribution in [0.5, 0.6) is 5.75 Å². The van der Waals surface area contributed by atoms with Crippen LogP contribution in [0.4, 0.5) is 11.4 Å². The zero-order chi connectivity index (χ0) is 26.9.